The highest BCUT2D eigenvalue weighted by Crippen LogP contribution is 2.15. The number of hydrogen-bond acceptors (Lipinski definition) is 2. The molecule has 1 aromatic heterocycles. The van der Waals surface area contributed by atoms with E-state index in [1.807, 2.05) is 28.6 Å². The zero-order valence-electron chi connectivity index (χ0n) is 11.0. The highest BCUT2D eigenvalue weighted by molar-refractivity contribution is 9.10. The minimum Gasteiger partial charge on any atom is -0.351 e. The first-order valence-corrected chi connectivity index (χ1v) is 8.50. The molecule has 5 heteroatoms. The Bertz CT molecular complexity index is 379. The minimum absolute atomic E-state index is 0.0262. The van der Waals surface area contributed by atoms with Crippen LogP contribution in [0.5, 0.6) is 0 Å². The van der Waals surface area contributed by atoms with E-state index in [1.165, 1.54) is 0 Å². The molecular formula is C13H21BrN2OS. The molecule has 0 aliphatic heterocycles. The Morgan fingerprint density at radius 3 is 2.94 bits per heavy atom. The van der Waals surface area contributed by atoms with E-state index in [4.69, 9.17) is 0 Å². The summed E-state index contributed by atoms with van der Waals surface area (Å²) in [6, 6.07) is 1.88. The van der Waals surface area contributed by atoms with Gasteiger partial charge in [-0.05, 0) is 53.3 Å². The second-order valence-electron chi connectivity index (χ2n) is 4.19. The molecule has 0 aliphatic rings. The summed E-state index contributed by atoms with van der Waals surface area (Å²) < 4.78 is 2.96. The van der Waals surface area contributed by atoms with Crippen molar-refractivity contribution in [1.82, 2.24) is 9.88 Å². The maximum absolute atomic E-state index is 12.0. The number of nitrogens with zero attached hydrogens (tertiary/aromatic N) is 1. The maximum Gasteiger partial charge on any atom is 0.267 e. The summed E-state index contributed by atoms with van der Waals surface area (Å²) in [5.41, 5.74) is 0.744. The summed E-state index contributed by atoms with van der Waals surface area (Å²) in [4.78, 5) is 12.0. The van der Waals surface area contributed by atoms with Crippen LogP contribution < -0.4 is 5.32 Å². The van der Waals surface area contributed by atoms with Gasteiger partial charge in [-0.3, -0.25) is 4.79 Å². The molecule has 0 fully saturated rings. The van der Waals surface area contributed by atoms with E-state index in [0.717, 1.165) is 48.3 Å². The molecule has 1 aromatic rings. The molecule has 3 nitrogen and oxygen atoms in total. The largest absolute Gasteiger partial charge is 0.351 e. The van der Waals surface area contributed by atoms with E-state index in [1.54, 1.807) is 0 Å². The Hall–Kier alpha value is -0.420. The van der Waals surface area contributed by atoms with Gasteiger partial charge in [0.2, 0.25) is 0 Å². The molecular weight excluding hydrogens is 312 g/mol. The van der Waals surface area contributed by atoms with Gasteiger partial charge in [0.25, 0.3) is 5.91 Å². The molecule has 102 valence electrons. The molecule has 1 heterocycles. The second kappa shape index (κ2) is 8.64. The lowest BCUT2D eigenvalue weighted by atomic mass is 10.3. The van der Waals surface area contributed by atoms with Gasteiger partial charge in [0.15, 0.2) is 0 Å². The van der Waals surface area contributed by atoms with E-state index < -0.39 is 0 Å². The first kappa shape index (κ1) is 15.6. The Morgan fingerprint density at radius 1 is 1.50 bits per heavy atom. The molecule has 0 saturated heterocycles. The summed E-state index contributed by atoms with van der Waals surface area (Å²) in [5.74, 6) is 1.19. The van der Waals surface area contributed by atoms with Gasteiger partial charge < -0.3 is 9.88 Å². The molecule has 0 atom stereocenters. The van der Waals surface area contributed by atoms with Gasteiger partial charge in [0, 0.05) is 23.8 Å². The lowest BCUT2D eigenvalue weighted by molar-refractivity contribution is 0.0944. The Labute approximate surface area is 122 Å². The third kappa shape index (κ3) is 5.06. The maximum atomic E-state index is 12.0. The zero-order valence-corrected chi connectivity index (χ0v) is 13.4. The average molecular weight is 333 g/mol. The summed E-state index contributed by atoms with van der Waals surface area (Å²) in [6.45, 7) is 3.74. The van der Waals surface area contributed by atoms with Crippen LogP contribution in [0.2, 0.25) is 0 Å². The van der Waals surface area contributed by atoms with Crippen LogP contribution in [0.1, 0.15) is 36.7 Å². The molecule has 18 heavy (non-hydrogen) atoms. The molecule has 0 aromatic carbocycles. The molecule has 0 aliphatic carbocycles. The summed E-state index contributed by atoms with van der Waals surface area (Å²) in [5, 5.41) is 2.98. The number of rotatable bonds is 8. The highest BCUT2D eigenvalue weighted by Gasteiger charge is 2.11. The van der Waals surface area contributed by atoms with Crippen molar-refractivity contribution in [3.8, 4) is 0 Å². The number of aromatic nitrogens is 1. The van der Waals surface area contributed by atoms with Gasteiger partial charge in [-0.15, -0.1) is 0 Å². The fourth-order valence-electron chi connectivity index (χ4n) is 1.75. The van der Waals surface area contributed by atoms with Crippen LogP contribution in [0.3, 0.4) is 0 Å². The number of thioether (sulfide) groups is 1. The van der Waals surface area contributed by atoms with Gasteiger partial charge in [-0.2, -0.15) is 11.8 Å². The van der Waals surface area contributed by atoms with Crippen molar-refractivity contribution < 1.29 is 4.79 Å². The predicted molar refractivity (Wildman–Crippen MR) is 82.4 cm³/mol. The Morgan fingerprint density at radius 2 is 2.28 bits per heavy atom. The predicted octanol–water partition coefficient (Wildman–Crippen LogP) is 3.53. The van der Waals surface area contributed by atoms with E-state index in [0.29, 0.717) is 0 Å². The summed E-state index contributed by atoms with van der Waals surface area (Å²) in [7, 11) is 0. The third-order valence-corrected chi connectivity index (χ3v) is 3.75. The topological polar surface area (TPSA) is 34.0 Å². The van der Waals surface area contributed by atoms with Crippen LogP contribution in [0.25, 0.3) is 0 Å². The zero-order chi connectivity index (χ0) is 13.4. The normalized spacial score (nSPS) is 10.6. The van der Waals surface area contributed by atoms with Crippen molar-refractivity contribution in [3.63, 3.8) is 0 Å². The number of amides is 1. The fraction of sp³-hybridized carbons (Fsp3) is 0.615. The molecule has 1 amide bonds. The summed E-state index contributed by atoms with van der Waals surface area (Å²) >= 11 is 5.27. The molecule has 1 N–H and O–H groups in total. The Kier molecular flexibility index (Phi) is 7.51. The van der Waals surface area contributed by atoms with Gasteiger partial charge in [0.1, 0.15) is 5.69 Å². The van der Waals surface area contributed by atoms with Crippen molar-refractivity contribution in [2.75, 3.05) is 18.6 Å². The Balaban J connectivity index is 2.45. The number of unbranched alkanes of at least 4 members (excludes halogenated alkanes) is 1. The van der Waals surface area contributed by atoms with Crippen LogP contribution in [0.15, 0.2) is 16.7 Å². The average Bonchev–Trinajstić information content (AvgIpc) is 2.70. The van der Waals surface area contributed by atoms with Gasteiger partial charge >= 0.3 is 0 Å². The van der Waals surface area contributed by atoms with Gasteiger partial charge in [0.05, 0.1) is 0 Å². The van der Waals surface area contributed by atoms with E-state index in [-0.39, 0.29) is 5.91 Å². The number of hydrogen-bond donors (Lipinski definition) is 1. The number of halogens is 1. The van der Waals surface area contributed by atoms with Crippen LogP contribution in [0.4, 0.5) is 0 Å². The monoisotopic (exact) mass is 332 g/mol. The minimum atomic E-state index is 0.0262. The first-order chi connectivity index (χ1) is 8.69. The molecule has 0 unspecified atom stereocenters. The van der Waals surface area contributed by atoms with E-state index in [2.05, 4.69) is 34.4 Å². The lowest BCUT2D eigenvalue weighted by Crippen LogP contribution is -2.26. The van der Waals surface area contributed by atoms with Crippen LogP contribution in [0, 0.1) is 0 Å². The quantitative estimate of drug-likeness (QED) is 0.739. The molecule has 1 rings (SSSR count). The smallest absolute Gasteiger partial charge is 0.267 e. The van der Waals surface area contributed by atoms with Crippen molar-refractivity contribution in [3.05, 3.63) is 22.4 Å². The van der Waals surface area contributed by atoms with Crippen LogP contribution >= 0.6 is 27.7 Å². The number of aryl methyl sites for hydroxylation is 1. The number of carbonyl (C=O) groups excluding carboxylic acids is 1. The highest BCUT2D eigenvalue weighted by atomic mass is 79.9. The molecule has 0 bridgehead atoms. The first-order valence-electron chi connectivity index (χ1n) is 6.31. The lowest BCUT2D eigenvalue weighted by Gasteiger charge is -2.08. The molecule has 0 saturated carbocycles. The standard InChI is InChI=1S/C13H21BrN2OS/c1-3-7-16-10-11(14)9-12(16)13(17)15-6-4-5-8-18-2/h9-10H,3-8H2,1-2H3,(H,15,17). The number of nitrogens with one attached hydrogen (secondary N) is 1. The SMILES string of the molecule is CCCn1cc(Br)cc1C(=O)NCCCCSC. The summed E-state index contributed by atoms with van der Waals surface area (Å²) in [6.07, 6.45) is 7.29. The number of carbonyl (C=O) groups is 1. The molecule has 0 spiro atoms. The second-order valence-corrected chi connectivity index (χ2v) is 6.09. The van der Waals surface area contributed by atoms with E-state index >= 15 is 0 Å². The third-order valence-electron chi connectivity index (χ3n) is 2.62. The molecule has 0 radical (unpaired) electrons. The van der Waals surface area contributed by atoms with Crippen molar-refractivity contribution in [2.24, 2.45) is 0 Å². The van der Waals surface area contributed by atoms with Gasteiger partial charge in [-0.1, -0.05) is 6.92 Å². The van der Waals surface area contributed by atoms with Crippen LogP contribution in [-0.2, 0) is 6.54 Å². The van der Waals surface area contributed by atoms with Crippen LogP contribution in [-0.4, -0.2) is 29.0 Å². The van der Waals surface area contributed by atoms with Crippen molar-refractivity contribution in [1.29, 1.82) is 0 Å². The van der Waals surface area contributed by atoms with E-state index in [9.17, 15) is 4.79 Å². The fourth-order valence-corrected chi connectivity index (χ4v) is 2.71. The van der Waals surface area contributed by atoms with Gasteiger partial charge in [-0.25, -0.2) is 0 Å². The van der Waals surface area contributed by atoms with Crippen molar-refractivity contribution >= 4 is 33.6 Å². The van der Waals surface area contributed by atoms with Crippen molar-refractivity contribution in [2.45, 2.75) is 32.7 Å².